The third kappa shape index (κ3) is 2.74. The summed E-state index contributed by atoms with van der Waals surface area (Å²) in [4.78, 5) is 15.5. The minimum Gasteiger partial charge on any atom is -0.486 e. The van der Waals surface area contributed by atoms with E-state index in [2.05, 4.69) is 10.1 Å². The van der Waals surface area contributed by atoms with E-state index in [0.717, 1.165) is 5.82 Å². The second kappa shape index (κ2) is 5.44. The molecule has 18 heavy (non-hydrogen) atoms. The maximum Gasteiger partial charge on any atom is 0.164 e. The molecule has 0 saturated heterocycles. The number of hydrogen-bond acceptors (Lipinski definition) is 4. The Morgan fingerprint density at radius 3 is 2.61 bits per heavy atom. The van der Waals surface area contributed by atoms with E-state index in [9.17, 15) is 4.79 Å². The number of hydrogen-bond donors (Lipinski definition) is 0. The van der Waals surface area contributed by atoms with Crippen LogP contribution < -0.4 is 4.74 Å². The van der Waals surface area contributed by atoms with Crippen molar-refractivity contribution in [2.45, 2.75) is 20.0 Å². The first-order chi connectivity index (χ1) is 8.70. The number of aryl methyl sites for hydroxylation is 1. The molecule has 1 aromatic heterocycles. The molecule has 0 saturated carbocycles. The number of Topliss-reactive ketones (excluding diaryl/α,β-unsaturated/α-hetero) is 1. The number of ether oxygens (including phenoxy) is 1. The lowest BCUT2D eigenvalue weighted by atomic mass is 10.1. The van der Waals surface area contributed by atoms with E-state index in [1.165, 1.54) is 6.33 Å². The molecule has 5 heteroatoms. The summed E-state index contributed by atoms with van der Waals surface area (Å²) in [5.74, 6) is 1.60. The van der Waals surface area contributed by atoms with Gasteiger partial charge in [0, 0.05) is 19.0 Å². The van der Waals surface area contributed by atoms with Gasteiger partial charge in [-0.1, -0.05) is 6.92 Å². The molecule has 0 N–H and O–H groups in total. The van der Waals surface area contributed by atoms with Crippen LogP contribution in [0, 0.1) is 0 Å². The van der Waals surface area contributed by atoms with Gasteiger partial charge in [-0.05, 0) is 24.3 Å². The van der Waals surface area contributed by atoms with Gasteiger partial charge in [0.25, 0.3) is 0 Å². The summed E-state index contributed by atoms with van der Waals surface area (Å²) in [5, 5.41) is 3.96. The lowest BCUT2D eigenvalue weighted by molar-refractivity contribution is 0.0988. The third-order valence-electron chi connectivity index (χ3n) is 2.67. The zero-order chi connectivity index (χ0) is 13.0. The lowest BCUT2D eigenvalue weighted by Crippen LogP contribution is -2.04. The molecule has 2 rings (SSSR count). The molecule has 5 nitrogen and oxygen atoms in total. The Morgan fingerprint density at radius 1 is 1.33 bits per heavy atom. The fraction of sp³-hybridized carbons (Fsp3) is 0.308. The number of nitrogens with zero attached hydrogens (tertiary/aromatic N) is 3. The van der Waals surface area contributed by atoms with Gasteiger partial charge in [0.15, 0.2) is 11.6 Å². The fourth-order valence-electron chi connectivity index (χ4n) is 1.54. The lowest BCUT2D eigenvalue weighted by Gasteiger charge is -2.06. The molecule has 0 spiro atoms. The number of carbonyl (C=O) groups is 1. The van der Waals surface area contributed by atoms with Gasteiger partial charge in [0.2, 0.25) is 0 Å². The molecule has 1 heterocycles. The van der Waals surface area contributed by atoms with E-state index in [4.69, 9.17) is 4.74 Å². The number of benzene rings is 1. The molecule has 0 atom stereocenters. The van der Waals surface area contributed by atoms with Crippen LogP contribution in [0.5, 0.6) is 5.75 Å². The summed E-state index contributed by atoms with van der Waals surface area (Å²) in [6, 6.07) is 7.13. The number of rotatable bonds is 5. The summed E-state index contributed by atoms with van der Waals surface area (Å²) in [6.07, 6.45) is 2.00. The first kappa shape index (κ1) is 12.3. The average Bonchev–Trinajstić information content (AvgIpc) is 2.81. The molecule has 0 aliphatic heterocycles. The van der Waals surface area contributed by atoms with Crippen LogP contribution in [0.2, 0.25) is 0 Å². The van der Waals surface area contributed by atoms with Crippen LogP contribution >= 0.6 is 0 Å². The maximum absolute atomic E-state index is 11.5. The van der Waals surface area contributed by atoms with Crippen LogP contribution in [0.3, 0.4) is 0 Å². The highest BCUT2D eigenvalue weighted by atomic mass is 16.5. The Morgan fingerprint density at radius 2 is 2.06 bits per heavy atom. The summed E-state index contributed by atoms with van der Waals surface area (Å²) >= 11 is 0. The zero-order valence-electron chi connectivity index (χ0n) is 10.5. The highest BCUT2D eigenvalue weighted by Gasteiger charge is 2.04. The van der Waals surface area contributed by atoms with Crippen molar-refractivity contribution in [1.29, 1.82) is 0 Å². The smallest absolute Gasteiger partial charge is 0.164 e. The first-order valence-electron chi connectivity index (χ1n) is 5.79. The van der Waals surface area contributed by atoms with Crippen molar-refractivity contribution in [1.82, 2.24) is 14.8 Å². The van der Waals surface area contributed by atoms with Crippen molar-refractivity contribution in [3.8, 4) is 5.75 Å². The molecular formula is C13H15N3O2. The normalized spacial score (nSPS) is 10.3. The van der Waals surface area contributed by atoms with Crippen molar-refractivity contribution in [2.75, 3.05) is 0 Å². The molecule has 1 aromatic carbocycles. The minimum atomic E-state index is 0.134. The van der Waals surface area contributed by atoms with Crippen LogP contribution in [-0.4, -0.2) is 20.5 Å². The predicted molar refractivity (Wildman–Crippen MR) is 66.4 cm³/mol. The number of aromatic nitrogens is 3. The van der Waals surface area contributed by atoms with Crippen molar-refractivity contribution < 1.29 is 9.53 Å². The standard InChI is InChI=1S/C13H15N3O2/c1-3-12(17)10-4-6-11(7-5-10)18-8-13-14-9-15-16(13)2/h4-7,9H,3,8H2,1-2H3. The molecule has 0 amide bonds. The van der Waals surface area contributed by atoms with Gasteiger partial charge in [-0.25, -0.2) is 4.98 Å². The Balaban J connectivity index is 1.98. The van der Waals surface area contributed by atoms with E-state index in [0.29, 0.717) is 24.3 Å². The third-order valence-corrected chi connectivity index (χ3v) is 2.67. The van der Waals surface area contributed by atoms with E-state index >= 15 is 0 Å². The highest BCUT2D eigenvalue weighted by Crippen LogP contribution is 2.14. The van der Waals surface area contributed by atoms with E-state index < -0.39 is 0 Å². The molecule has 0 radical (unpaired) electrons. The fourth-order valence-corrected chi connectivity index (χ4v) is 1.54. The maximum atomic E-state index is 11.5. The molecule has 2 aromatic rings. The predicted octanol–water partition coefficient (Wildman–Crippen LogP) is 1.99. The van der Waals surface area contributed by atoms with Crippen molar-refractivity contribution >= 4 is 5.78 Å². The van der Waals surface area contributed by atoms with Crippen LogP contribution in [0.25, 0.3) is 0 Å². The molecule has 0 aliphatic rings. The van der Waals surface area contributed by atoms with Crippen molar-refractivity contribution in [3.05, 3.63) is 42.0 Å². The van der Waals surface area contributed by atoms with Gasteiger partial charge >= 0.3 is 0 Å². The Hall–Kier alpha value is -2.17. The Bertz CT molecular complexity index is 531. The van der Waals surface area contributed by atoms with Crippen LogP contribution in [-0.2, 0) is 13.7 Å². The van der Waals surface area contributed by atoms with E-state index in [-0.39, 0.29) is 5.78 Å². The monoisotopic (exact) mass is 245 g/mol. The Labute approximate surface area is 105 Å². The topological polar surface area (TPSA) is 57.0 Å². The molecule has 0 fully saturated rings. The van der Waals surface area contributed by atoms with Gasteiger partial charge in [-0.3, -0.25) is 9.48 Å². The van der Waals surface area contributed by atoms with Gasteiger partial charge in [-0.2, -0.15) is 5.10 Å². The van der Waals surface area contributed by atoms with Crippen molar-refractivity contribution in [2.24, 2.45) is 7.05 Å². The summed E-state index contributed by atoms with van der Waals surface area (Å²) in [5.41, 5.74) is 0.712. The SMILES string of the molecule is CCC(=O)c1ccc(OCc2ncnn2C)cc1. The largest absolute Gasteiger partial charge is 0.486 e. The van der Waals surface area contributed by atoms with Gasteiger partial charge in [0.1, 0.15) is 18.7 Å². The van der Waals surface area contributed by atoms with Gasteiger partial charge in [0.05, 0.1) is 0 Å². The van der Waals surface area contributed by atoms with E-state index in [1.54, 1.807) is 28.9 Å². The summed E-state index contributed by atoms with van der Waals surface area (Å²) in [6.45, 7) is 2.21. The highest BCUT2D eigenvalue weighted by molar-refractivity contribution is 5.95. The Kier molecular flexibility index (Phi) is 3.72. The average molecular weight is 245 g/mol. The summed E-state index contributed by atoms with van der Waals surface area (Å²) < 4.78 is 7.23. The summed E-state index contributed by atoms with van der Waals surface area (Å²) in [7, 11) is 1.81. The van der Waals surface area contributed by atoms with E-state index in [1.807, 2.05) is 14.0 Å². The van der Waals surface area contributed by atoms with Crippen molar-refractivity contribution in [3.63, 3.8) is 0 Å². The zero-order valence-corrected chi connectivity index (χ0v) is 10.5. The van der Waals surface area contributed by atoms with Crippen LogP contribution in [0.15, 0.2) is 30.6 Å². The number of carbonyl (C=O) groups excluding carboxylic acids is 1. The second-order valence-corrected chi connectivity index (χ2v) is 3.89. The second-order valence-electron chi connectivity index (χ2n) is 3.89. The molecule has 0 aliphatic carbocycles. The molecular weight excluding hydrogens is 230 g/mol. The van der Waals surface area contributed by atoms with Gasteiger partial charge < -0.3 is 4.74 Å². The van der Waals surface area contributed by atoms with Crippen LogP contribution in [0.4, 0.5) is 0 Å². The van der Waals surface area contributed by atoms with Gasteiger partial charge in [-0.15, -0.1) is 0 Å². The minimum absolute atomic E-state index is 0.134. The first-order valence-corrected chi connectivity index (χ1v) is 5.79. The number of ketones is 1. The quantitative estimate of drug-likeness (QED) is 0.756. The van der Waals surface area contributed by atoms with Crippen LogP contribution in [0.1, 0.15) is 29.5 Å². The molecule has 0 bridgehead atoms. The molecule has 94 valence electrons. The molecule has 0 unspecified atom stereocenters.